The van der Waals surface area contributed by atoms with Crippen LogP contribution in [0.25, 0.3) is 11.4 Å². The van der Waals surface area contributed by atoms with Crippen LogP contribution < -0.4 is 10.2 Å². The minimum Gasteiger partial charge on any atom is -0.375 e. The van der Waals surface area contributed by atoms with Crippen LogP contribution in [0.1, 0.15) is 25.3 Å². The zero-order valence-corrected chi connectivity index (χ0v) is 17.9. The molecule has 1 fully saturated rings. The molecule has 1 N–H and O–H groups in total. The molecule has 1 aromatic carbocycles. The fourth-order valence-electron chi connectivity index (χ4n) is 3.27. The van der Waals surface area contributed by atoms with Gasteiger partial charge in [-0.25, -0.2) is 0 Å². The lowest BCUT2D eigenvalue weighted by atomic mass is 10.3. The first-order valence-corrected chi connectivity index (χ1v) is 11.2. The summed E-state index contributed by atoms with van der Waals surface area (Å²) in [7, 11) is 2.07. The van der Waals surface area contributed by atoms with Crippen LogP contribution in [0.4, 0.5) is 5.69 Å². The van der Waals surface area contributed by atoms with Gasteiger partial charge in [-0.3, -0.25) is 14.3 Å². The van der Waals surface area contributed by atoms with Crippen molar-refractivity contribution in [1.29, 1.82) is 0 Å². The standard InChI is InChI=1S/C22H26N6OS/c1-27(18-8-3-2-4-9-18)14-6-13-24-20(29)16-30-22-26-25-21(28(22)19-10-11-19)17-7-5-12-23-15-17/h2-5,7-9,12,15,19H,6,10-11,13-14,16H2,1H3,(H,24,29). The smallest absolute Gasteiger partial charge is 0.230 e. The molecule has 2 aromatic heterocycles. The molecule has 2 heterocycles. The largest absolute Gasteiger partial charge is 0.375 e. The first-order chi connectivity index (χ1) is 14.7. The van der Waals surface area contributed by atoms with Crippen molar-refractivity contribution in [3.63, 3.8) is 0 Å². The summed E-state index contributed by atoms with van der Waals surface area (Å²) in [5, 5.41) is 12.5. The molecule has 1 aliphatic carbocycles. The average Bonchev–Trinajstić information content (AvgIpc) is 3.55. The number of pyridine rings is 1. The van der Waals surface area contributed by atoms with Crippen molar-refractivity contribution >= 4 is 23.4 Å². The van der Waals surface area contributed by atoms with Gasteiger partial charge < -0.3 is 10.2 Å². The van der Waals surface area contributed by atoms with Gasteiger partial charge in [0.1, 0.15) is 0 Å². The molecule has 1 amide bonds. The van der Waals surface area contributed by atoms with Crippen molar-refractivity contribution in [2.45, 2.75) is 30.5 Å². The Bertz CT molecular complexity index is 958. The highest BCUT2D eigenvalue weighted by atomic mass is 32.2. The molecule has 30 heavy (non-hydrogen) atoms. The zero-order chi connectivity index (χ0) is 20.8. The predicted molar refractivity (Wildman–Crippen MR) is 120 cm³/mol. The van der Waals surface area contributed by atoms with E-state index >= 15 is 0 Å². The van der Waals surface area contributed by atoms with Crippen molar-refractivity contribution in [2.75, 3.05) is 30.8 Å². The van der Waals surface area contributed by atoms with E-state index in [2.05, 4.69) is 49.1 Å². The van der Waals surface area contributed by atoms with Gasteiger partial charge in [0.25, 0.3) is 0 Å². The number of benzene rings is 1. The molecular formula is C22H26N6OS. The van der Waals surface area contributed by atoms with Crippen molar-refractivity contribution in [3.05, 3.63) is 54.9 Å². The number of nitrogens with zero attached hydrogens (tertiary/aromatic N) is 5. The van der Waals surface area contributed by atoms with Crippen LogP contribution in [0.15, 0.2) is 60.0 Å². The summed E-state index contributed by atoms with van der Waals surface area (Å²) in [5.41, 5.74) is 2.14. The molecule has 4 rings (SSSR count). The van der Waals surface area contributed by atoms with Crippen LogP contribution in [0.5, 0.6) is 0 Å². The number of nitrogens with one attached hydrogen (secondary N) is 1. The van der Waals surface area contributed by atoms with Crippen LogP contribution in [-0.4, -0.2) is 51.5 Å². The van der Waals surface area contributed by atoms with Crippen molar-refractivity contribution in [3.8, 4) is 11.4 Å². The molecular weight excluding hydrogens is 396 g/mol. The second-order valence-corrected chi connectivity index (χ2v) is 8.34. The molecule has 1 aliphatic rings. The average molecular weight is 423 g/mol. The van der Waals surface area contributed by atoms with E-state index in [0.29, 0.717) is 18.3 Å². The minimum absolute atomic E-state index is 0.0237. The summed E-state index contributed by atoms with van der Waals surface area (Å²) in [6.45, 7) is 1.55. The second kappa shape index (κ2) is 9.75. The number of aromatic nitrogens is 4. The first kappa shape index (κ1) is 20.4. The van der Waals surface area contributed by atoms with E-state index in [4.69, 9.17) is 0 Å². The van der Waals surface area contributed by atoms with E-state index in [1.54, 1.807) is 12.4 Å². The zero-order valence-electron chi connectivity index (χ0n) is 17.1. The van der Waals surface area contributed by atoms with Gasteiger partial charge in [0.15, 0.2) is 11.0 Å². The Hall–Kier alpha value is -2.87. The Labute approximate surface area is 180 Å². The van der Waals surface area contributed by atoms with E-state index in [1.165, 1.54) is 17.4 Å². The molecule has 0 spiro atoms. The Kier molecular flexibility index (Phi) is 6.63. The topological polar surface area (TPSA) is 75.9 Å². The number of anilines is 1. The minimum atomic E-state index is 0.0237. The number of amides is 1. The summed E-state index contributed by atoms with van der Waals surface area (Å²) < 4.78 is 2.16. The summed E-state index contributed by atoms with van der Waals surface area (Å²) in [6, 6.07) is 14.6. The highest BCUT2D eigenvalue weighted by Crippen LogP contribution is 2.40. The number of carbonyl (C=O) groups excluding carboxylic acids is 1. The molecule has 0 saturated heterocycles. The number of para-hydroxylation sites is 1. The van der Waals surface area contributed by atoms with Crippen LogP contribution in [-0.2, 0) is 4.79 Å². The normalized spacial score (nSPS) is 13.2. The highest BCUT2D eigenvalue weighted by Gasteiger charge is 2.30. The molecule has 0 aliphatic heterocycles. The van der Waals surface area contributed by atoms with E-state index in [9.17, 15) is 4.79 Å². The van der Waals surface area contributed by atoms with Crippen LogP contribution >= 0.6 is 11.8 Å². The number of thioether (sulfide) groups is 1. The van der Waals surface area contributed by atoms with Crippen LogP contribution in [0.2, 0.25) is 0 Å². The van der Waals surface area contributed by atoms with Gasteiger partial charge in [-0.05, 0) is 43.5 Å². The monoisotopic (exact) mass is 422 g/mol. The van der Waals surface area contributed by atoms with E-state index < -0.39 is 0 Å². The number of hydrogen-bond donors (Lipinski definition) is 1. The molecule has 0 unspecified atom stereocenters. The van der Waals surface area contributed by atoms with Gasteiger partial charge in [-0.1, -0.05) is 30.0 Å². The maximum absolute atomic E-state index is 12.3. The maximum Gasteiger partial charge on any atom is 0.230 e. The van der Waals surface area contributed by atoms with Gasteiger partial charge in [0.05, 0.1) is 5.75 Å². The summed E-state index contributed by atoms with van der Waals surface area (Å²) >= 11 is 1.45. The second-order valence-electron chi connectivity index (χ2n) is 7.40. The third-order valence-electron chi connectivity index (χ3n) is 5.02. The Balaban J connectivity index is 1.25. The third-order valence-corrected chi connectivity index (χ3v) is 5.96. The van der Waals surface area contributed by atoms with Gasteiger partial charge >= 0.3 is 0 Å². The molecule has 3 aromatic rings. The summed E-state index contributed by atoms with van der Waals surface area (Å²) in [4.78, 5) is 18.7. The maximum atomic E-state index is 12.3. The molecule has 0 atom stereocenters. The summed E-state index contributed by atoms with van der Waals surface area (Å²) in [5.74, 6) is 1.19. The van der Waals surface area contributed by atoms with Crippen molar-refractivity contribution in [1.82, 2.24) is 25.1 Å². The SMILES string of the molecule is CN(CCCNC(=O)CSc1nnc(-c2cccnc2)n1C1CC1)c1ccccc1. The molecule has 156 valence electrons. The Morgan fingerprint density at radius 1 is 1.20 bits per heavy atom. The van der Waals surface area contributed by atoms with E-state index in [-0.39, 0.29) is 5.91 Å². The first-order valence-electron chi connectivity index (χ1n) is 10.2. The number of rotatable bonds is 10. The van der Waals surface area contributed by atoms with Crippen LogP contribution in [0, 0.1) is 0 Å². The van der Waals surface area contributed by atoms with Gasteiger partial charge in [0.2, 0.25) is 5.91 Å². The molecule has 7 nitrogen and oxygen atoms in total. The summed E-state index contributed by atoms with van der Waals surface area (Å²) in [6.07, 6.45) is 6.70. The lowest BCUT2D eigenvalue weighted by Crippen LogP contribution is -2.29. The highest BCUT2D eigenvalue weighted by molar-refractivity contribution is 7.99. The predicted octanol–water partition coefficient (Wildman–Crippen LogP) is 3.41. The van der Waals surface area contributed by atoms with Gasteiger partial charge in [-0.15, -0.1) is 10.2 Å². The molecule has 8 heteroatoms. The van der Waals surface area contributed by atoms with Gasteiger partial charge in [0, 0.05) is 49.8 Å². The van der Waals surface area contributed by atoms with Gasteiger partial charge in [-0.2, -0.15) is 0 Å². The lowest BCUT2D eigenvalue weighted by molar-refractivity contribution is -0.118. The van der Waals surface area contributed by atoms with Crippen molar-refractivity contribution in [2.24, 2.45) is 0 Å². The van der Waals surface area contributed by atoms with Crippen LogP contribution in [0.3, 0.4) is 0 Å². The third kappa shape index (κ3) is 5.18. The fraction of sp³-hybridized carbons (Fsp3) is 0.364. The van der Waals surface area contributed by atoms with E-state index in [1.807, 2.05) is 30.3 Å². The quantitative estimate of drug-likeness (QED) is 0.399. The molecule has 0 bridgehead atoms. The number of carbonyl (C=O) groups is 1. The van der Waals surface area contributed by atoms with Crippen molar-refractivity contribution < 1.29 is 4.79 Å². The molecule has 0 radical (unpaired) electrons. The fourth-order valence-corrected chi connectivity index (χ4v) is 4.10. The Morgan fingerprint density at radius 2 is 2.03 bits per heavy atom. The number of hydrogen-bond acceptors (Lipinski definition) is 6. The lowest BCUT2D eigenvalue weighted by Gasteiger charge is -2.19. The van der Waals surface area contributed by atoms with E-state index in [0.717, 1.165) is 42.4 Å². The molecule has 1 saturated carbocycles. The Morgan fingerprint density at radius 3 is 2.77 bits per heavy atom.